The van der Waals surface area contributed by atoms with Gasteiger partial charge in [-0.2, -0.15) is 0 Å². The van der Waals surface area contributed by atoms with Gasteiger partial charge in [-0.15, -0.1) is 0 Å². The number of rotatable bonds is 6. The molecule has 8 aromatic carbocycles. The molecule has 0 saturated heterocycles. The van der Waals surface area contributed by atoms with Gasteiger partial charge in [-0.1, -0.05) is 190 Å². The van der Waals surface area contributed by atoms with Crippen molar-refractivity contribution in [1.29, 1.82) is 0 Å². The fraction of sp³-hybridized carbons (Fsp3) is 0.0566. The van der Waals surface area contributed by atoms with Crippen molar-refractivity contribution in [2.24, 2.45) is 0 Å². The largest absolute Gasteiger partial charge is 0.228 e. The fourth-order valence-electron chi connectivity index (χ4n) is 8.44. The second kappa shape index (κ2) is 13.2. The molecule has 1 aromatic heterocycles. The Morgan fingerprint density at radius 3 is 1.56 bits per heavy atom. The van der Waals surface area contributed by atoms with Crippen molar-refractivity contribution in [2.75, 3.05) is 0 Å². The Balaban J connectivity index is 1.00. The first kappa shape index (κ1) is 32.7. The molecule has 0 unspecified atom stereocenters. The number of fused-ring (bicyclic) bond motifs is 4. The highest BCUT2D eigenvalue weighted by molar-refractivity contribution is 6.05. The molecule has 1 aliphatic carbocycles. The molecular formula is C53H38N2. The van der Waals surface area contributed by atoms with E-state index in [-0.39, 0.29) is 5.41 Å². The molecule has 2 heteroatoms. The molecule has 0 fully saturated rings. The molecule has 2 nitrogen and oxygen atoms in total. The van der Waals surface area contributed by atoms with Gasteiger partial charge in [-0.3, -0.25) is 0 Å². The van der Waals surface area contributed by atoms with E-state index in [1.807, 2.05) is 24.3 Å². The van der Waals surface area contributed by atoms with Gasteiger partial charge in [0.1, 0.15) is 0 Å². The van der Waals surface area contributed by atoms with E-state index in [9.17, 15) is 0 Å². The molecule has 0 aliphatic heterocycles. The summed E-state index contributed by atoms with van der Waals surface area (Å²) in [7, 11) is 0. The molecule has 55 heavy (non-hydrogen) atoms. The Labute approximate surface area is 322 Å². The zero-order valence-electron chi connectivity index (χ0n) is 30.9. The quantitative estimate of drug-likeness (QED) is 0.172. The highest BCUT2D eigenvalue weighted by Crippen LogP contribution is 2.49. The molecule has 0 bridgehead atoms. The third-order valence-electron chi connectivity index (χ3n) is 11.3. The fourth-order valence-corrected chi connectivity index (χ4v) is 8.44. The van der Waals surface area contributed by atoms with Crippen LogP contribution < -0.4 is 0 Å². The molecule has 0 radical (unpaired) electrons. The SMILES string of the molecule is CC1(C)c2ccccc2-c2ccc(-c3ccc(-c4cccc(-c5ccc(-c6cc(-c7ccccc7)nc(-c7ccccc7)n6)c6ccccc56)c4)cc3)cc21. The third-order valence-corrected chi connectivity index (χ3v) is 11.3. The Morgan fingerprint density at radius 1 is 0.309 bits per heavy atom. The monoisotopic (exact) mass is 702 g/mol. The molecule has 10 rings (SSSR count). The van der Waals surface area contributed by atoms with Crippen LogP contribution in [0.1, 0.15) is 25.0 Å². The van der Waals surface area contributed by atoms with Crippen LogP contribution in [0.4, 0.5) is 0 Å². The summed E-state index contributed by atoms with van der Waals surface area (Å²) in [4.78, 5) is 10.2. The topological polar surface area (TPSA) is 25.8 Å². The van der Waals surface area contributed by atoms with Gasteiger partial charge < -0.3 is 0 Å². The Hall–Kier alpha value is -6.90. The number of aromatic nitrogens is 2. The molecule has 1 aliphatic rings. The maximum atomic E-state index is 5.16. The van der Waals surface area contributed by atoms with Crippen LogP contribution in [0.2, 0.25) is 0 Å². The predicted molar refractivity (Wildman–Crippen MR) is 230 cm³/mol. The van der Waals surface area contributed by atoms with Gasteiger partial charge >= 0.3 is 0 Å². The zero-order chi connectivity index (χ0) is 36.9. The van der Waals surface area contributed by atoms with Crippen molar-refractivity contribution in [2.45, 2.75) is 19.3 Å². The number of nitrogens with zero attached hydrogens (tertiary/aromatic N) is 2. The van der Waals surface area contributed by atoms with E-state index in [4.69, 9.17) is 9.97 Å². The van der Waals surface area contributed by atoms with Crippen LogP contribution in [-0.2, 0) is 5.41 Å². The first-order valence-corrected chi connectivity index (χ1v) is 19.0. The Bertz CT molecular complexity index is 2810. The number of hydrogen-bond donors (Lipinski definition) is 0. The first-order valence-electron chi connectivity index (χ1n) is 19.0. The van der Waals surface area contributed by atoms with E-state index in [1.165, 1.54) is 61.0 Å². The highest BCUT2D eigenvalue weighted by Gasteiger charge is 2.35. The van der Waals surface area contributed by atoms with Crippen molar-refractivity contribution in [3.8, 4) is 78.4 Å². The van der Waals surface area contributed by atoms with E-state index < -0.39 is 0 Å². The molecule has 0 spiro atoms. The Kier molecular flexibility index (Phi) is 7.85. The first-order chi connectivity index (χ1) is 27.0. The van der Waals surface area contributed by atoms with Gasteiger partial charge in [0.25, 0.3) is 0 Å². The predicted octanol–water partition coefficient (Wildman–Crippen LogP) is 13.9. The van der Waals surface area contributed by atoms with Crippen molar-refractivity contribution in [1.82, 2.24) is 9.97 Å². The third kappa shape index (κ3) is 5.75. The van der Waals surface area contributed by atoms with E-state index in [1.54, 1.807) is 0 Å². The Morgan fingerprint density at radius 2 is 0.818 bits per heavy atom. The zero-order valence-corrected chi connectivity index (χ0v) is 30.9. The lowest BCUT2D eigenvalue weighted by atomic mass is 9.81. The van der Waals surface area contributed by atoms with Crippen LogP contribution in [0, 0.1) is 0 Å². The average Bonchev–Trinajstić information content (AvgIpc) is 3.49. The maximum absolute atomic E-state index is 5.16. The summed E-state index contributed by atoms with van der Waals surface area (Å²) in [6.07, 6.45) is 0. The van der Waals surface area contributed by atoms with E-state index >= 15 is 0 Å². The van der Waals surface area contributed by atoms with Gasteiger partial charge in [0.05, 0.1) is 11.4 Å². The van der Waals surface area contributed by atoms with Crippen LogP contribution in [-0.4, -0.2) is 9.97 Å². The summed E-state index contributed by atoms with van der Waals surface area (Å²) >= 11 is 0. The van der Waals surface area contributed by atoms with Gasteiger partial charge in [0.15, 0.2) is 5.82 Å². The molecule has 0 saturated carbocycles. The number of benzene rings is 8. The van der Waals surface area contributed by atoms with E-state index in [2.05, 4.69) is 184 Å². The molecule has 0 N–H and O–H groups in total. The lowest BCUT2D eigenvalue weighted by Crippen LogP contribution is -2.14. The summed E-state index contributed by atoms with van der Waals surface area (Å²) in [6, 6.07) is 69.6. The van der Waals surface area contributed by atoms with Crippen LogP contribution in [0.3, 0.4) is 0 Å². The van der Waals surface area contributed by atoms with Crippen LogP contribution in [0.5, 0.6) is 0 Å². The van der Waals surface area contributed by atoms with Crippen LogP contribution >= 0.6 is 0 Å². The lowest BCUT2D eigenvalue weighted by Gasteiger charge is -2.22. The summed E-state index contributed by atoms with van der Waals surface area (Å²) < 4.78 is 0. The van der Waals surface area contributed by atoms with E-state index in [0.717, 1.165) is 39.3 Å². The second-order valence-corrected chi connectivity index (χ2v) is 15.0. The van der Waals surface area contributed by atoms with Crippen molar-refractivity contribution >= 4 is 10.8 Å². The van der Waals surface area contributed by atoms with E-state index in [0.29, 0.717) is 0 Å². The van der Waals surface area contributed by atoms with Gasteiger partial charge in [0, 0.05) is 22.1 Å². The lowest BCUT2D eigenvalue weighted by molar-refractivity contribution is 0.660. The summed E-state index contributed by atoms with van der Waals surface area (Å²) in [5, 5.41) is 2.35. The molecule has 0 amide bonds. The standard InChI is InChI=1S/C53H38N2/c1-53(2)48-23-12-11-22-45(48)46-29-28-40(33-49(46)53)36-26-24-35(25-27-36)39-18-13-19-41(32-39)42-30-31-47(44-21-10-9-20-43(42)44)51-34-50(37-14-5-3-6-15-37)54-52(55-51)38-16-7-4-8-17-38/h3-34H,1-2H3. The van der Waals surface area contributed by atoms with Crippen LogP contribution in [0.25, 0.3) is 89.2 Å². The molecular weight excluding hydrogens is 665 g/mol. The summed E-state index contributed by atoms with van der Waals surface area (Å²) in [6.45, 7) is 4.68. The summed E-state index contributed by atoms with van der Waals surface area (Å²) in [5.74, 6) is 0.717. The smallest absolute Gasteiger partial charge is 0.160 e. The number of hydrogen-bond acceptors (Lipinski definition) is 2. The normalized spacial score (nSPS) is 12.7. The van der Waals surface area contributed by atoms with Crippen molar-refractivity contribution in [3.05, 3.63) is 205 Å². The molecule has 0 atom stereocenters. The molecule has 1 heterocycles. The van der Waals surface area contributed by atoms with Crippen molar-refractivity contribution in [3.63, 3.8) is 0 Å². The minimum atomic E-state index is -0.0181. The second-order valence-electron chi connectivity index (χ2n) is 15.0. The van der Waals surface area contributed by atoms with Crippen molar-refractivity contribution < 1.29 is 0 Å². The van der Waals surface area contributed by atoms with Gasteiger partial charge in [0.2, 0.25) is 0 Å². The molecule has 9 aromatic rings. The van der Waals surface area contributed by atoms with Gasteiger partial charge in [-0.05, 0) is 84.6 Å². The highest BCUT2D eigenvalue weighted by atomic mass is 14.9. The average molecular weight is 703 g/mol. The van der Waals surface area contributed by atoms with Crippen LogP contribution in [0.15, 0.2) is 194 Å². The summed E-state index contributed by atoms with van der Waals surface area (Å²) in [5.41, 5.74) is 17.7. The molecule has 260 valence electrons. The van der Waals surface area contributed by atoms with Gasteiger partial charge in [-0.25, -0.2) is 9.97 Å². The minimum Gasteiger partial charge on any atom is -0.228 e. The maximum Gasteiger partial charge on any atom is 0.160 e. The minimum absolute atomic E-state index is 0.0181.